The molecule has 2 atom stereocenters. The monoisotopic (exact) mass is 635 g/mol. The predicted octanol–water partition coefficient (Wildman–Crippen LogP) is 6.32. The van der Waals surface area contributed by atoms with E-state index in [-0.39, 0.29) is 29.4 Å². The van der Waals surface area contributed by atoms with Crippen molar-refractivity contribution in [3.8, 4) is 0 Å². The number of nitrogens with zero attached hydrogens (tertiary/aromatic N) is 3. The standard InChI is InChI=1S/C36H37N5O6/c1-8-20-16(3)23-12-25-18(5)22(10-11-30(44)47-7)33(39-25)32-34-31(35(45)41(36(32)46)15-29(42)43)19(6)26(40-34)14-28-21(9-2)17(4)24(38-28)13-27(20)37-23/h8,12-14,18,22,39-40H,1,9-11,15H2,2-7H3,(H,42,43)/t18-,22-/m0/s1. The van der Waals surface area contributed by atoms with Gasteiger partial charge in [0.1, 0.15) is 6.54 Å². The van der Waals surface area contributed by atoms with Gasteiger partial charge in [0.25, 0.3) is 11.8 Å². The lowest BCUT2D eigenvalue weighted by atomic mass is 9.84. The van der Waals surface area contributed by atoms with Crippen LogP contribution in [0.5, 0.6) is 0 Å². The number of ether oxygens (including phenoxy) is 1. The number of carboxylic acid groups (broad SMARTS) is 1. The largest absolute Gasteiger partial charge is 0.480 e. The molecular weight excluding hydrogens is 598 g/mol. The molecule has 6 rings (SSSR count). The summed E-state index contributed by atoms with van der Waals surface area (Å²) in [6.07, 6.45) is 2.93. The van der Waals surface area contributed by atoms with Crippen LogP contribution in [-0.4, -0.2) is 67.3 Å². The first-order valence-electron chi connectivity index (χ1n) is 15.7. The Morgan fingerprint density at radius 1 is 1.00 bits per heavy atom. The zero-order valence-electron chi connectivity index (χ0n) is 27.3. The fourth-order valence-electron chi connectivity index (χ4n) is 7.08. The van der Waals surface area contributed by atoms with E-state index in [0.717, 1.165) is 50.0 Å². The molecule has 2 aromatic heterocycles. The van der Waals surface area contributed by atoms with Gasteiger partial charge >= 0.3 is 11.9 Å². The maximum Gasteiger partial charge on any atom is 0.323 e. The Bertz CT molecular complexity index is 2060. The molecule has 0 unspecified atom stereocenters. The van der Waals surface area contributed by atoms with E-state index in [1.165, 1.54) is 7.11 Å². The van der Waals surface area contributed by atoms with Gasteiger partial charge in [-0.05, 0) is 74.1 Å². The minimum Gasteiger partial charge on any atom is -0.480 e. The number of H-pyrrole nitrogens is 2. The van der Waals surface area contributed by atoms with Crippen LogP contribution >= 0.6 is 0 Å². The number of esters is 1. The van der Waals surface area contributed by atoms with E-state index in [4.69, 9.17) is 14.7 Å². The smallest absolute Gasteiger partial charge is 0.323 e. The van der Waals surface area contributed by atoms with E-state index in [1.54, 1.807) is 13.0 Å². The highest BCUT2D eigenvalue weighted by Crippen LogP contribution is 2.44. The second-order valence-corrected chi connectivity index (χ2v) is 12.3. The second-order valence-electron chi connectivity index (χ2n) is 12.3. The molecule has 6 heterocycles. The molecule has 0 aromatic carbocycles. The van der Waals surface area contributed by atoms with E-state index in [1.807, 2.05) is 39.0 Å². The van der Waals surface area contributed by atoms with Crippen LogP contribution in [0.15, 0.2) is 30.9 Å². The van der Waals surface area contributed by atoms with Gasteiger partial charge in [0.2, 0.25) is 0 Å². The number of imide groups is 1. The molecule has 8 bridgehead atoms. The fourth-order valence-corrected chi connectivity index (χ4v) is 7.08. The van der Waals surface area contributed by atoms with E-state index in [2.05, 4.69) is 23.5 Å². The van der Waals surface area contributed by atoms with Gasteiger partial charge in [0.15, 0.2) is 0 Å². The Labute approximate surface area is 271 Å². The molecule has 0 fully saturated rings. The maximum atomic E-state index is 14.2. The van der Waals surface area contributed by atoms with Crippen LogP contribution in [0, 0.1) is 6.92 Å². The Morgan fingerprint density at radius 2 is 1.68 bits per heavy atom. The lowest BCUT2D eigenvalue weighted by Crippen LogP contribution is -2.43. The van der Waals surface area contributed by atoms with Gasteiger partial charge in [-0.15, -0.1) is 0 Å². The van der Waals surface area contributed by atoms with Gasteiger partial charge in [-0.3, -0.25) is 24.1 Å². The molecular formula is C36H37N5O6. The predicted molar refractivity (Wildman–Crippen MR) is 178 cm³/mol. The topological polar surface area (TPSA) is 158 Å². The Kier molecular flexibility index (Phi) is 7.95. The van der Waals surface area contributed by atoms with E-state index >= 15 is 0 Å². The molecule has 4 aliphatic heterocycles. The number of aromatic nitrogens is 4. The Balaban J connectivity index is 1.79. The molecule has 4 aliphatic rings. The van der Waals surface area contributed by atoms with Gasteiger partial charge in [0, 0.05) is 40.7 Å². The summed E-state index contributed by atoms with van der Waals surface area (Å²) in [5, 5.41) is 9.70. The summed E-state index contributed by atoms with van der Waals surface area (Å²) in [4.78, 5) is 69.9. The Morgan fingerprint density at radius 3 is 2.34 bits per heavy atom. The van der Waals surface area contributed by atoms with Gasteiger partial charge in [-0.25, -0.2) is 9.97 Å². The highest BCUT2D eigenvalue weighted by Gasteiger charge is 2.41. The number of aliphatic carboxylic acids is 1. The highest BCUT2D eigenvalue weighted by molar-refractivity contribution is 6.24. The van der Waals surface area contributed by atoms with Gasteiger partial charge in [-0.1, -0.05) is 26.5 Å². The number of hydrogen-bond donors (Lipinski definition) is 3. The van der Waals surface area contributed by atoms with Crippen LogP contribution in [0.1, 0.15) is 119 Å². The summed E-state index contributed by atoms with van der Waals surface area (Å²) < 4.78 is 4.93. The third kappa shape index (κ3) is 5.06. The number of fused-ring (bicyclic) bond motifs is 8. The number of methoxy groups -OCH3 is 1. The lowest BCUT2D eigenvalue weighted by molar-refractivity contribution is -0.141. The molecule has 2 amide bonds. The van der Waals surface area contributed by atoms with Gasteiger partial charge in [-0.2, -0.15) is 0 Å². The van der Waals surface area contributed by atoms with Crippen molar-refractivity contribution >= 4 is 57.1 Å². The number of aromatic amines is 2. The second kappa shape index (κ2) is 11.8. The number of allylic oxidation sites excluding steroid dienone is 5. The molecule has 11 nitrogen and oxygen atoms in total. The number of nitrogens with one attached hydrogen (secondary N) is 2. The number of rotatable bonds is 7. The molecule has 11 heteroatoms. The highest BCUT2D eigenvalue weighted by atomic mass is 16.5. The number of carbonyl (C=O) groups excluding carboxylic acids is 3. The zero-order valence-corrected chi connectivity index (χ0v) is 27.3. The van der Waals surface area contributed by atoms with Gasteiger partial charge in [0.05, 0.1) is 46.5 Å². The maximum absolute atomic E-state index is 14.2. The summed E-state index contributed by atoms with van der Waals surface area (Å²) in [6.45, 7) is 13.1. The number of amides is 2. The molecule has 0 radical (unpaired) electrons. The van der Waals surface area contributed by atoms with Crippen molar-refractivity contribution in [2.45, 2.75) is 65.7 Å². The van der Waals surface area contributed by atoms with Crippen molar-refractivity contribution in [2.75, 3.05) is 13.7 Å². The number of aryl methyl sites for hydroxylation is 1. The van der Waals surface area contributed by atoms with Gasteiger partial charge < -0.3 is 19.8 Å². The molecule has 242 valence electrons. The average Bonchev–Trinajstić information content (AvgIpc) is 3.71. The third-order valence-electron chi connectivity index (χ3n) is 9.75. The summed E-state index contributed by atoms with van der Waals surface area (Å²) in [5.74, 6) is -3.69. The molecule has 0 aliphatic carbocycles. The summed E-state index contributed by atoms with van der Waals surface area (Å²) >= 11 is 0. The summed E-state index contributed by atoms with van der Waals surface area (Å²) in [7, 11) is 1.33. The first-order chi connectivity index (χ1) is 22.4. The molecule has 0 saturated carbocycles. The van der Waals surface area contributed by atoms with Crippen LogP contribution < -0.4 is 0 Å². The number of carbonyl (C=O) groups is 4. The van der Waals surface area contributed by atoms with Crippen LogP contribution in [0.3, 0.4) is 0 Å². The first-order valence-corrected chi connectivity index (χ1v) is 15.7. The molecule has 47 heavy (non-hydrogen) atoms. The van der Waals surface area contributed by atoms with Crippen LogP contribution in [0.2, 0.25) is 0 Å². The van der Waals surface area contributed by atoms with Crippen molar-refractivity contribution in [3.63, 3.8) is 0 Å². The van der Waals surface area contributed by atoms with Crippen LogP contribution in [0.25, 0.3) is 33.3 Å². The molecule has 0 saturated heterocycles. The van der Waals surface area contributed by atoms with E-state index in [0.29, 0.717) is 40.8 Å². The zero-order chi connectivity index (χ0) is 33.9. The number of carboxylic acids is 1. The van der Waals surface area contributed by atoms with Crippen molar-refractivity contribution in [1.29, 1.82) is 0 Å². The van der Waals surface area contributed by atoms with E-state index in [9.17, 15) is 24.3 Å². The minimum absolute atomic E-state index is 0.0934. The third-order valence-corrected chi connectivity index (χ3v) is 9.75. The van der Waals surface area contributed by atoms with Crippen LogP contribution in [0.4, 0.5) is 0 Å². The molecule has 3 N–H and O–H groups in total. The average molecular weight is 636 g/mol. The molecule has 2 aromatic rings. The van der Waals surface area contributed by atoms with E-state index < -0.39 is 30.3 Å². The van der Waals surface area contributed by atoms with Crippen molar-refractivity contribution in [1.82, 2.24) is 24.8 Å². The van der Waals surface area contributed by atoms with Crippen LogP contribution in [-0.2, 0) is 14.3 Å². The van der Waals surface area contributed by atoms with Crippen molar-refractivity contribution in [2.24, 2.45) is 0 Å². The quantitative estimate of drug-likeness (QED) is 0.235. The Hall–Kier alpha value is -5.32. The summed E-state index contributed by atoms with van der Waals surface area (Å²) in [5.41, 5.74) is 9.91. The fraction of sp³-hybridized carbons (Fsp3) is 0.333. The summed E-state index contributed by atoms with van der Waals surface area (Å²) in [6, 6.07) is 5.78. The number of hydrogen-bond acceptors (Lipinski definition) is 7. The van der Waals surface area contributed by atoms with Crippen molar-refractivity contribution < 1.29 is 29.0 Å². The lowest BCUT2D eigenvalue weighted by Gasteiger charge is -2.26. The molecule has 0 spiro atoms. The van der Waals surface area contributed by atoms with Crippen molar-refractivity contribution in [3.05, 3.63) is 81.7 Å². The first kappa shape index (κ1) is 31.7. The minimum atomic E-state index is -1.31. The SMILES string of the molecule is C=CC1=C(C)c2cc3[nH]c(c4c5[nH]c(cc6nc(cc1n2)C(C)=C6CC)c(C)c5C(=O)N(CC(=O)O)C4=O)[C@@H](CCC(=O)OC)[C@@H]3C. The normalized spacial score (nSPS) is 18.1.